The third kappa shape index (κ3) is 5.73. The van der Waals surface area contributed by atoms with Gasteiger partial charge in [-0.2, -0.15) is 0 Å². The third-order valence-electron chi connectivity index (χ3n) is 7.73. The Balaban J connectivity index is 1.50. The number of aromatic nitrogens is 2. The van der Waals surface area contributed by atoms with Crippen LogP contribution in [0.2, 0.25) is 0 Å². The lowest BCUT2D eigenvalue weighted by Gasteiger charge is -2.36. The summed E-state index contributed by atoms with van der Waals surface area (Å²) < 4.78 is 1.38. The molecule has 1 atom stereocenters. The molecule has 196 valence electrons. The van der Waals surface area contributed by atoms with Crippen LogP contribution in [0.3, 0.4) is 0 Å². The summed E-state index contributed by atoms with van der Waals surface area (Å²) >= 11 is 0. The molecule has 1 aromatic heterocycles. The lowest BCUT2D eigenvalue weighted by Crippen LogP contribution is -2.50. The van der Waals surface area contributed by atoms with Gasteiger partial charge in [0.1, 0.15) is 5.82 Å². The summed E-state index contributed by atoms with van der Waals surface area (Å²) in [4.78, 5) is 45.1. The van der Waals surface area contributed by atoms with Crippen LogP contribution in [-0.2, 0) is 11.3 Å². The molecule has 9 heteroatoms. The van der Waals surface area contributed by atoms with Crippen molar-refractivity contribution >= 4 is 17.4 Å². The van der Waals surface area contributed by atoms with Gasteiger partial charge in [0, 0.05) is 12.6 Å². The topological polar surface area (TPSA) is 125 Å². The third-order valence-corrected chi connectivity index (χ3v) is 7.73. The molecule has 0 bridgehead atoms. The Hall–Kier alpha value is -2.91. The summed E-state index contributed by atoms with van der Waals surface area (Å²) in [5.74, 6) is 0.0503. The highest BCUT2D eigenvalue weighted by molar-refractivity contribution is 5.97. The normalized spacial score (nSPS) is 18.4. The van der Waals surface area contributed by atoms with Crippen molar-refractivity contribution in [1.29, 1.82) is 0 Å². The Morgan fingerprint density at radius 3 is 2.44 bits per heavy atom. The monoisotopic (exact) mass is 497 g/mol. The largest absolute Gasteiger partial charge is 0.388 e. The average molecular weight is 498 g/mol. The van der Waals surface area contributed by atoms with Crippen LogP contribution in [0.15, 0.2) is 39.9 Å². The fraction of sp³-hybridized carbons (Fsp3) is 0.593. The molecule has 0 radical (unpaired) electrons. The minimum Gasteiger partial charge on any atom is -0.388 e. The summed E-state index contributed by atoms with van der Waals surface area (Å²) in [6.45, 7) is 3.98. The number of nitrogen functional groups attached to an aromatic ring is 1. The van der Waals surface area contributed by atoms with Gasteiger partial charge in [-0.05, 0) is 56.7 Å². The Morgan fingerprint density at radius 2 is 1.81 bits per heavy atom. The minimum atomic E-state index is -0.602. The number of aliphatic hydroxyl groups excluding tert-OH is 1. The molecule has 1 saturated heterocycles. The first-order chi connectivity index (χ1) is 17.4. The molecule has 4 rings (SSSR count). The summed E-state index contributed by atoms with van der Waals surface area (Å²) in [6.07, 6.45) is 6.29. The van der Waals surface area contributed by atoms with E-state index in [-0.39, 0.29) is 35.9 Å². The molecule has 2 aromatic rings. The maximum absolute atomic E-state index is 13.7. The lowest BCUT2D eigenvalue weighted by atomic mass is 9.87. The Bertz CT molecular complexity index is 1130. The van der Waals surface area contributed by atoms with Gasteiger partial charge in [-0.25, -0.2) is 4.79 Å². The number of anilines is 2. The number of H-pyrrole nitrogens is 1. The highest BCUT2D eigenvalue weighted by atomic mass is 16.3. The quantitative estimate of drug-likeness (QED) is 0.489. The van der Waals surface area contributed by atoms with E-state index in [4.69, 9.17) is 5.73 Å². The van der Waals surface area contributed by atoms with Gasteiger partial charge in [-0.1, -0.05) is 56.5 Å². The molecule has 2 fully saturated rings. The molecule has 1 unspecified atom stereocenters. The number of nitrogens with one attached hydrogen (secondary N) is 1. The number of rotatable bonds is 9. The van der Waals surface area contributed by atoms with Gasteiger partial charge in [-0.15, -0.1) is 0 Å². The molecule has 4 N–H and O–H groups in total. The maximum atomic E-state index is 13.7. The average Bonchev–Trinajstić information content (AvgIpc) is 3.41. The summed E-state index contributed by atoms with van der Waals surface area (Å²) in [7, 11) is 0. The van der Waals surface area contributed by atoms with E-state index in [0.29, 0.717) is 19.6 Å². The van der Waals surface area contributed by atoms with Crippen LogP contribution in [0, 0.1) is 5.92 Å². The van der Waals surface area contributed by atoms with Crippen LogP contribution in [0.5, 0.6) is 0 Å². The second-order valence-corrected chi connectivity index (χ2v) is 10.2. The molecule has 9 nitrogen and oxygen atoms in total. The van der Waals surface area contributed by atoms with E-state index in [1.54, 1.807) is 4.90 Å². The van der Waals surface area contributed by atoms with E-state index in [1.807, 2.05) is 37.3 Å². The fourth-order valence-electron chi connectivity index (χ4n) is 5.64. The first-order valence-corrected chi connectivity index (χ1v) is 13.3. The van der Waals surface area contributed by atoms with Gasteiger partial charge in [0.15, 0.2) is 5.69 Å². The van der Waals surface area contributed by atoms with Crippen LogP contribution in [0.1, 0.15) is 70.0 Å². The van der Waals surface area contributed by atoms with Gasteiger partial charge in [0.05, 0.1) is 12.6 Å². The summed E-state index contributed by atoms with van der Waals surface area (Å²) in [5.41, 5.74) is 6.28. The van der Waals surface area contributed by atoms with Crippen molar-refractivity contribution in [3.8, 4) is 0 Å². The van der Waals surface area contributed by atoms with Gasteiger partial charge in [0.25, 0.3) is 5.56 Å². The second kappa shape index (κ2) is 11.9. The van der Waals surface area contributed by atoms with E-state index in [1.165, 1.54) is 4.57 Å². The van der Waals surface area contributed by atoms with E-state index in [0.717, 1.165) is 56.9 Å². The van der Waals surface area contributed by atoms with Gasteiger partial charge >= 0.3 is 5.69 Å². The van der Waals surface area contributed by atoms with Crippen LogP contribution < -0.4 is 21.9 Å². The Labute approximate surface area is 211 Å². The lowest BCUT2D eigenvalue weighted by molar-refractivity contribution is -0.120. The number of aromatic amines is 1. The zero-order chi connectivity index (χ0) is 25.7. The SMILES string of the molecule is CCCCn1c(N)c(N(C(=O)CN2CCC(C(O)c3ccccc3)CC2)C2CCCC2)c(=O)[nH]c1=O. The molecular weight excluding hydrogens is 458 g/mol. The molecule has 1 aliphatic carbocycles. The summed E-state index contributed by atoms with van der Waals surface area (Å²) in [6, 6.07) is 9.60. The number of carbonyl (C=O) groups is 1. The molecule has 2 aliphatic rings. The number of amides is 1. The number of unbranched alkanes of at least 4 members (excludes halogenated alkanes) is 1. The maximum Gasteiger partial charge on any atom is 0.330 e. The zero-order valence-corrected chi connectivity index (χ0v) is 21.2. The second-order valence-electron chi connectivity index (χ2n) is 10.2. The Kier molecular flexibility index (Phi) is 8.64. The van der Waals surface area contributed by atoms with Gasteiger partial charge in [-0.3, -0.25) is 24.0 Å². The minimum absolute atomic E-state index is 0.0714. The fourth-order valence-corrected chi connectivity index (χ4v) is 5.64. The molecule has 0 spiro atoms. The number of nitrogens with two attached hydrogens (primary N) is 1. The Morgan fingerprint density at radius 1 is 1.14 bits per heavy atom. The molecule has 36 heavy (non-hydrogen) atoms. The number of nitrogens with zero attached hydrogens (tertiary/aromatic N) is 3. The number of aliphatic hydroxyl groups is 1. The molecule has 1 aromatic carbocycles. The zero-order valence-electron chi connectivity index (χ0n) is 21.2. The van der Waals surface area contributed by atoms with Crippen molar-refractivity contribution in [3.63, 3.8) is 0 Å². The van der Waals surface area contributed by atoms with Gasteiger partial charge in [0.2, 0.25) is 5.91 Å². The first-order valence-electron chi connectivity index (χ1n) is 13.3. The molecule has 2 heterocycles. The number of carbonyl (C=O) groups excluding carboxylic acids is 1. The molecular formula is C27H39N5O4. The van der Waals surface area contributed by atoms with Crippen molar-refractivity contribution < 1.29 is 9.90 Å². The van der Waals surface area contributed by atoms with E-state index in [9.17, 15) is 19.5 Å². The first kappa shape index (κ1) is 26.2. The predicted molar refractivity (Wildman–Crippen MR) is 141 cm³/mol. The molecule has 1 amide bonds. The van der Waals surface area contributed by atoms with E-state index >= 15 is 0 Å². The predicted octanol–water partition coefficient (Wildman–Crippen LogP) is 2.64. The number of hydrogen-bond acceptors (Lipinski definition) is 6. The van der Waals surface area contributed by atoms with E-state index in [2.05, 4.69) is 9.88 Å². The van der Waals surface area contributed by atoms with Crippen molar-refractivity contribution in [2.24, 2.45) is 5.92 Å². The summed E-state index contributed by atoms with van der Waals surface area (Å²) in [5, 5.41) is 10.8. The van der Waals surface area contributed by atoms with Crippen LogP contribution in [0.4, 0.5) is 11.5 Å². The van der Waals surface area contributed by atoms with Crippen molar-refractivity contribution in [3.05, 3.63) is 56.7 Å². The number of hydrogen-bond donors (Lipinski definition) is 3. The van der Waals surface area contributed by atoms with Crippen LogP contribution in [0.25, 0.3) is 0 Å². The van der Waals surface area contributed by atoms with Crippen LogP contribution >= 0.6 is 0 Å². The number of piperidine rings is 1. The molecule has 1 aliphatic heterocycles. The smallest absolute Gasteiger partial charge is 0.330 e. The van der Waals surface area contributed by atoms with Crippen LogP contribution in [-0.4, -0.2) is 51.1 Å². The molecule has 1 saturated carbocycles. The number of benzene rings is 1. The number of likely N-dealkylation sites (tertiary alicyclic amines) is 1. The van der Waals surface area contributed by atoms with Crippen molar-refractivity contribution in [1.82, 2.24) is 14.5 Å². The highest BCUT2D eigenvalue weighted by Crippen LogP contribution is 2.32. The van der Waals surface area contributed by atoms with Crippen molar-refractivity contribution in [2.45, 2.75) is 77.0 Å². The van der Waals surface area contributed by atoms with E-state index < -0.39 is 17.4 Å². The van der Waals surface area contributed by atoms with Gasteiger partial charge < -0.3 is 15.7 Å². The van der Waals surface area contributed by atoms with Crippen molar-refractivity contribution in [2.75, 3.05) is 30.3 Å². The highest BCUT2D eigenvalue weighted by Gasteiger charge is 2.34. The standard InChI is InChI=1S/C27H39N5O4/c1-2-3-15-31-25(28)23(26(35)29-27(31)36)32(21-11-7-8-12-21)22(33)18-30-16-13-20(14-17-30)24(34)19-9-5-4-6-10-19/h4-6,9-10,20-21,24,34H,2-3,7-8,11-18,28H2,1H3,(H,29,35,36).